The number of sulfonamides is 1. The van der Waals surface area contributed by atoms with Crippen LogP contribution in [0.2, 0.25) is 0 Å². The number of thiophene rings is 1. The minimum absolute atomic E-state index is 0.248. The predicted octanol–water partition coefficient (Wildman–Crippen LogP) is 4.08. The van der Waals surface area contributed by atoms with Gasteiger partial charge in [0, 0.05) is 10.5 Å². The van der Waals surface area contributed by atoms with Gasteiger partial charge in [0.25, 0.3) is 10.0 Å². The van der Waals surface area contributed by atoms with Crippen molar-refractivity contribution in [2.24, 2.45) is 0 Å². The van der Waals surface area contributed by atoms with Gasteiger partial charge in [-0.15, -0.1) is 11.3 Å². The van der Waals surface area contributed by atoms with Crippen LogP contribution in [0.3, 0.4) is 0 Å². The topological polar surface area (TPSA) is 55.4 Å². The first kappa shape index (κ1) is 14.8. The van der Waals surface area contributed by atoms with Gasteiger partial charge in [0.05, 0.1) is 16.6 Å². The second-order valence-electron chi connectivity index (χ2n) is 3.54. The van der Waals surface area contributed by atoms with Gasteiger partial charge in [-0.25, -0.2) is 8.42 Å². The molecule has 0 unspecified atom stereocenters. The maximum absolute atomic E-state index is 12.1. The van der Waals surface area contributed by atoms with Crippen LogP contribution in [-0.4, -0.2) is 15.5 Å². The van der Waals surface area contributed by atoms with Gasteiger partial charge in [-0.2, -0.15) is 0 Å². The molecule has 0 atom stereocenters. The molecule has 0 radical (unpaired) electrons. The Bertz CT molecular complexity index is 698. The normalized spacial score (nSPS) is 11.3. The second kappa shape index (κ2) is 5.82. The van der Waals surface area contributed by atoms with Gasteiger partial charge in [-0.1, -0.05) is 15.9 Å². The summed E-state index contributed by atoms with van der Waals surface area (Å²) < 4.78 is 33.6. The Morgan fingerprint density at radius 3 is 2.53 bits per heavy atom. The largest absolute Gasteiger partial charge is 0.497 e. The lowest BCUT2D eigenvalue weighted by Crippen LogP contribution is -2.11. The van der Waals surface area contributed by atoms with Crippen molar-refractivity contribution in [3.63, 3.8) is 0 Å². The van der Waals surface area contributed by atoms with Gasteiger partial charge >= 0.3 is 0 Å². The van der Waals surface area contributed by atoms with Crippen LogP contribution in [0.25, 0.3) is 0 Å². The summed E-state index contributed by atoms with van der Waals surface area (Å²) in [5, 5.41) is 0. The third kappa shape index (κ3) is 3.71. The Morgan fingerprint density at radius 2 is 1.95 bits per heavy atom. The monoisotopic (exact) mass is 425 g/mol. The zero-order chi connectivity index (χ0) is 14.0. The summed E-state index contributed by atoms with van der Waals surface area (Å²) in [6.45, 7) is 0. The lowest BCUT2D eigenvalue weighted by Gasteiger charge is -2.08. The second-order valence-corrected chi connectivity index (χ2v) is 8.83. The summed E-state index contributed by atoms with van der Waals surface area (Å²) in [6.07, 6.45) is 0. The Kier molecular flexibility index (Phi) is 4.54. The molecule has 0 saturated carbocycles. The molecule has 1 heterocycles. The van der Waals surface area contributed by atoms with Gasteiger partial charge in [-0.05, 0) is 40.2 Å². The molecule has 0 fully saturated rings. The van der Waals surface area contributed by atoms with Crippen molar-refractivity contribution in [2.75, 3.05) is 11.8 Å². The van der Waals surface area contributed by atoms with E-state index >= 15 is 0 Å². The van der Waals surface area contributed by atoms with Crippen LogP contribution in [0.5, 0.6) is 5.75 Å². The van der Waals surface area contributed by atoms with Crippen LogP contribution in [0.1, 0.15) is 0 Å². The van der Waals surface area contributed by atoms with Gasteiger partial charge < -0.3 is 4.74 Å². The third-order valence-electron chi connectivity index (χ3n) is 2.17. The highest BCUT2D eigenvalue weighted by Gasteiger charge is 2.17. The first-order valence-electron chi connectivity index (χ1n) is 5.03. The van der Waals surface area contributed by atoms with Gasteiger partial charge in [0.15, 0.2) is 0 Å². The summed E-state index contributed by atoms with van der Waals surface area (Å²) in [4.78, 5) is 0. The molecule has 0 amide bonds. The number of methoxy groups -OCH3 is 1. The summed E-state index contributed by atoms with van der Waals surface area (Å²) in [7, 11) is -2.05. The van der Waals surface area contributed by atoms with Gasteiger partial charge in [0.1, 0.15) is 9.96 Å². The number of hydrogen-bond acceptors (Lipinski definition) is 4. The highest BCUT2D eigenvalue weighted by molar-refractivity contribution is 9.11. The third-order valence-corrected chi connectivity index (χ3v) is 6.13. The Morgan fingerprint density at radius 1 is 1.21 bits per heavy atom. The minimum Gasteiger partial charge on any atom is -0.497 e. The standard InChI is InChI=1S/C11H9Br2NO3S2/c1-17-9-5-7(12)4-8(6-9)14-19(15,16)11-3-2-10(13)18-11/h2-6,14H,1H3. The maximum Gasteiger partial charge on any atom is 0.271 e. The molecular weight excluding hydrogens is 418 g/mol. The van der Waals surface area contributed by atoms with E-state index in [-0.39, 0.29) is 4.21 Å². The molecular formula is C11H9Br2NO3S2. The van der Waals surface area contributed by atoms with Crippen molar-refractivity contribution in [3.8, 4) is 5.75 Å². The molecule has 0 bridgehead atoms. The first-order chi connectivity index (χ1) is 8.90. The van der Waals surface area contributed by atoms with Crippen LogP contribution in [-0.2, 0) is 10.0 Å². The Hall–Kier alpha value is -0.570. The molecule has 0 aliphatic carbocycles. The number of hydrogen-bond donors (Lipinski definition) is 1. The SMILES string of the molecule is COc1cc(Br)cc(NS(=O)(=O)c2ccc(Br)s2)c1. The molecule has 0 aliphatic heterocycles. The predicted molar refractivity (Wildman–Crippen MR) is 83.5 cm³/mol. The van der Waals surface area contributed by atoms with Crippen molar-refractivity contribution in [1.82, 2.24) is 0 Å². The number of nitrogens with one attached hydrogen (secondary N) is 1. The number of ether oxygens (including phenoxy) is 1. The lowest BCUT2D eigenvalue weighted by atomic mass is 10.3. The molecule has 0 saturated heterocycles. The smallest absolute Gasteiger partial charge is 0.271 e. The molecule has 19 heavy (non-hydrogen) atoms. The van der Waals surface area contributed by atoms with E-state index in [1.807, 2.05) is 0 Å². The fourth-order valence-electron chi connectivity index (χ4n) is 1.39. The average molecular weight is 427 g/mol. The van der Waals surface area contributed by atoms with E-state index < -0.39 is 10.0 Å². The number of rotatable bonds is 4. The fourth-order valence-corrected chi connectivity index (χ4v) is 4.91. The molecule has 1 N–H and O–H groups in total. The summed E-state index contributed by atoms with van der Waals surface area (Å²) >= 11 is 7.70. The highest BCUT2D eigenvalue weighted by Crippen LogP contribution is 2.30. The zero-order valence-corrected chi connectivity index (χ0v) is 14.5. The van der Waals surface area contributed by atoms with Crippen molar-refractivity contribution < 1.29 is 13.2 Å². The molecule has 1 aromatic carbocycles. The minimum atomic E-state index is -3.57. The lowest BCUT2D eigenvalue weighted by molar-refractivity contribution is 0.415. The first-order valence-corrected chi connectivity index (χ1v) is 8.92. The molecule has 1 aromatic heterocycles. The quantitative estimate of drug-likeness (QED) is 0.801. The molecule has 0 aliphatic rings. The van der Waals surface area contributed by atoms with Crippen molar-refractivity contribution in [2.45, 2.75) is 4.21 Å². The van der Waals surface area contributed by atoms with Crippen LogP contribution >= 0.6 is 43.2 Å². The average Bonchev–Trinajstić information content (AvgIpc) is 2.75. The molecule has 2 aromatic rings. The van der Waals surface area contributed by atoms with Crippen molar-refractivity contribution in [1.29, 1.82) is 0 Å². The summed E-state index contributed by atoms with van der Waals surface area (Å²) in [5.74, 6) is 0.569. The van der Waals surface area contributed by atoms with E-state index in [9.17, 15) is 8.42 Å². The number of benzene rings is 1. The Labute approximate surface area is 132 Å². The van der Waals surface area contributed by atoms with E-state index in [2.05, 4.69) is 36.6 Å². The zero-order valence-electron chi connectivity index (χ0n) is 9.68. The highest BCUT2D eigenvalue weighted by atomic mass is 79.9. The number of anilines is 1. The van der Waals surface area contributed by atoms with Crippen LogP contribution in [0, 0.1) is 0 Å². The van der Waals surface area contributed by atoms with E-state index in [0.29, 0.717) is 11.4 Å². The maximum atomic E-state index is 12.1. The van der Waals surface area contributed by atoms with Crippen molar-refractivity contribution >= 4 is 58.9 Å². The summed E-state index contributed by atoms with van der Waals surface area (Å²) in [5.41, 5.74) is 0.441. The van der Waals surface area contributed by atoms with Crippen LogP contribution < -0.4 is 9.46 Å². The number of halogens is 2. The summed E-state index contributed by atoms with van der Waals surface area (Å²) in [6, 6.07) is 8.28. The van der Waals surface area contributed by atoms with Gasteiger partial charge in [-0.3, -0.25) is 4.72 Å². The molecule has 2 rings (SSSR count). The van der Waals surface area contributed by atoms with Crippen molar-refractivity contribution in [3.05, 3.63) is 38.6 Å². The van der Waals surface area contributed by atoms with E-state index in [1.54, 1.807) is 30.3 Å². The molecule has 102 valence electrons. The van der Waals surface area contributed by atoms with E-state index in [1.165, 1.54) is 7.11 Å². The fraction of sp³-hybridized carbons (Fsp3) is 0.0909. The van der Waals surface area contributed by atoms with Crippen LogP contribution in [0.4, 0.5) is 5.69 Å². The van der Waals surface area contributed by atoms with E-state index in [4.69, 9.17) is 4.74 Å². The Balaban J connectivity index is 2.32. The molecule has 4 nitrogen and oxygen atoms in total. The van der Waals surface area contributed by atoms with Gasteiger partial charge in [0.2, 0.25) is 0 Å². The molecule has 8 heteroatoms. The molecule has 0 spiro atoms. The van der Waals surface area contributed by atoms with E-state index in [0.717, 1.165) is 19.6 Å². The van der Waals surface area contributed by atoms with Crippen LogP contribution in [0.15, 0.2) is 42.8 Å².